The van der Waals surface area contributed by atoms with Crippen molar-refractivity contribution in [3.63, 3.8) is 0 Å². The van der Waals surface area contributed by atoms with Gasteiger partial charge in [0.25, 0.3) is 0 Å². The lowest BCUT2D eigenvalue weighted by molar-refractivity contribution is -0.114. The molecule has 1 saturated carbocycles. The van der Waals surface area contributed by atoms with Gasteiger partial charge < -0.3 is 10.6 Å². The largest absolute Gasteiger partial charge is 0.376 e. The number of amides is 1. The van der Waals surface area contributed by atoms with Crippen molar-refractivity contribution >= 4 is 39.9 Å². The summed E-state index contributed by atoms with van der Waals surface area (Å²) in [6.07, 6.45) is 2.26. The van der Waals surface area contributed by atoms with Crippen LogP contribution in [-0.4, -0.2) is 32.7 Å². The SMILES string of the molecule is Cc1cc(I)ccc1NC(=O)CNc1ccc(-c2nnnn2C2CC2)cc1. The van der Waals surface area contributed by atoms with E-state index in [1.807, 2.05) is 54.1 Å². The number of nitrogens with zero attached hydrogens (tertiary/aromatic N) is 4. The van der Waals surface area contributed by atoms with Gasteiger partial charge in [0.2, 0.25) is 5.91 Å². The zero-order chi connectivity index (χ0) is 18.8. The molecule has 8 heteroatoms. The van der Waals surface area contributed by atoms with Crippen molar-refractivity contribution in [2.75, 3.05) is 17.2 Å². The van der Waals surface area contributed by atoms with Crippen LogP contribution in [-0.2, 0) is 4.79 Å². The summed E-state index contributed by atoms with van der Waals surface area (Å²) < 4.78 is 3.04. The van der Waals surface area contributed by atoms with Crippen molar-refractivity contribution in [1.82, 2.24) is 20.2 Å². The second-order valence-electron chi connectivity index (χ2n) is 6.62. The molecule has 7 nitrogen and oxygen atoms in total. The molecule has 0 bridgehead atoms. The third kappa shape index (κ3) is 4.26. The second-order valence-corrected chi connectivity index (χ2v) is 7.86. The van der Waals surface area contributed by atoms with Gasteiger partial charge in [-0.15, -0.1) is 5.10 Å². The number of hydrogen-bond donors (Lipinski definition) is 2. The number of rotatable bonds is 6. The van der Waals surface area contributed by atoms with Gasteiger partial charge in [-0.1, -0.05) is 0 Å². The summed E-state index contributed by atoms with van der Waals surface area (Å²) in [7, 11) is 0. The Morgan fingerprint density at radius 2 is 2.00 bits per heavy atom. The highest BCUT2D eigenvalue weighted by atomic mass is 127. The van der Waals surface area contributed by atoms with Crippen LogP contribution in [0.25, 0.3) is 11.4 Å². The zero-order valence-corrected chi connectivity index (χ0v) is 17.0. The molecule has 1 aromatic heterocycles. The van der Waals surface area contributed by atoms with Crippen molar-refractivity contribution in [2.24, 2.45) is 0 Å². The van der Waals surface area contributed by atoms with Crippen molar-refractivity contribution in [3.8, 4) is 11.4 Å². The molecule has 0 unspecified atom stereocenters. The molecule has 4 rings (SSSR count). The van der Waals surface area contributed by atoms with Crippen LogP contribution in [0.15, 0.2) is 42.5 Å². The van der Waals surface area contributed by atoms with E-state index in [1.54, 1.807) is 0 Å². The summed E-state index contributed by atoms with van der Waals surface area (Å²) in [5.41, 5.74) is 3.73. The summed E-state index contributed by atoms with van der Waals surface area (Å²) in [6, 6.07) is 14.2. The average Bonchev–Trinajstić information content (AvgIpc) is 3.39. The molecule has 0 spiro atoms. The summed E-state index contributed by atoms with van der Waals surface area (Å²) in [5, 5.41) is 18.1. The van der Waals surface area contributed by atoms with Crippen LogP contribution in [0, 0.1) is 10.5 Å². The van der Waals surface area contributed by atoms with Crippen molar-refractivity contribution in [1.29, 1.82) is 0 Å². The van der Waals surface area contributed by atoms with Crippen LogP contribution in [0.4, 0.5) is 11.4 Å². The van der Waals surface area contributed by atoms with Gasteiger partial charge >= 0.3 is 0 Å². The fourth-order valence-corrected chi connectivity index (χ4v) is 3.48. The van der Waals surface area contributed by atoms with E-state index in [9.17, 15) is 4.79 Å². The second kappa shape index (κ2) is 7.63. The van der Waals surface area contributed by atoms with Crippen LogP contribution < -0.4 is 10.6 Å². The van der Waals surface area contributed by atoms with Gasteiger partial charge in [0.05, 0.1) is 12.6 Å². The molecule has 1 heterocycles. The Morgan fingerprint density at radius 1 is 1.22 bits per heavy atom. The van der Waals surface area contributed by atoms with Crippen LogP contribution >= 0.6 is 22.6 Å². The molecule has 138 valence electrons. The Bertz CT molecular complexity index is 965. The van der Waals surface area contributed by atoms with Crippen LogP contribution in [0.1, 0.15) is 24.4 Å². The minimum absolute atomic E-state index is 0.0824. The average molecular weight is 474 g/mol. The van der Waals surface area contributed by atoms with Gasteiger partial charge in [-0.3, -0.25) is 4.79 Å². The highest BCUT2D eigenvalue weighted by Gasteiger charge is 2.28. The number of carbonyl (C=O) groups is 1. The molecule has 0 saturated heterocycles. The first-order chi connectivity index (χ1) is 13.1. The molecule has 1 aliphatic rings. The minimum atomic E-state index is -0.0824. The smallest absolute Gasteiger partial charge is 0.243 e. The van der Waals surface area contributed by atoms with E-state index in [2.05, 4.69) is 48.7 Å². The highest BCUT2D eigenvalue weighted by molar-refractivity contribution is 14.1. The molecule has 0 atom stereocenters. The molecule has 0 radical (unpaired) electrons. The molecule has 2 aromatic carbocycles. The van der Waals surface area contributed by atoms with E-state index < -0.39 is 0 Å². The third-order valence-corrected chi connectivity index (χ3v) is 5.12. The highest BCUT2D eigenvalue weighted by Crippen LogP contribution is 2.36. The molecule has 1 amide bonds. The number of aromatic nitrogens is 4. The maximum absolute atomic E-state index is 12.2. The maximum atomic E-state index is 12.2. The van der Waals surface area contributed by atoms with Crippen molar-refractivity contribution in [2.45, 2.75) is 25.8 Å². The molecular weight excluding hydrogens is 455 g/mol. The number of anilines is 2. The lowest BCUT2D eigenvalue weighted by Gasteiger charge is -2.10. The number of hydrogen-bond acceptors (Lipinski definition) is 5. The third-order valence-electron chi connectivity index (χ3n) is 4.44. The maximum Gasteiger partial charge on any atom is 0.243 e. The topological polar surface area (TPSA) is 84.7 Å². The lowest BCUT2D eigenvalue weighted by atomic mass is 10.2. The van der Waals surface area contributed by atoms with E-state index in [-0.39, 0.29) is 12.5 Å². The number of tetrazole rings is 1. The number of carbonyl (C=O) groups excluding carboxylic acids is 1. The Hall–Kier alpha value is -2.49. The number of nitrogens with one attached hydrogen (secondary N) is 2. The Kier molecular flexibility index (Phi) is 5.06. The Morgan fingerprint density at radius 3 is 2.70 bits per heavy atom. The molecule has 27 heavy (non-hydrogen) atoms. The van der Waals surface area contributed by atoms with E-state index in [4.69, 9.17) is 0 Å². The summed E-state index contributed by atoms with van der Waals surface area (Å²) >= 11 is 2.26. The first kappa shape index (κ1) is 17.9. The van der Waals surface area contributed by atoms with E-state index in [0.717, 1.165) is 44.7 Å². The van der Waals surface area contributed by atoms with Gasteiger partial charge in [-0.05, 0) is 101 Å². The Labute approximate surface area is 170 Å². The summed E-state index contributed by atoms with van der Waals surface area (Å²) in [4.78, 5) is 12.2. The molecule has 2 N–H and O–H groups in total. The van der Waals surface area contributed by atoms with Gasteiger partial charge in [0.15, 0.2) is 5.82 Å². The molecule has 1 fully saturated rings. The molecule has 1 aliphatic carbocycles. The van der Waals surface area contributed by atoms with E-state index in [0.29, 0.717) is 6.04 Å². The minimum Gasteiger partial charge on any atom is -0.376 e. The Balaban J connectivity index is 1.36. The van der Waals surface area contributed by atoms with Crippen LogP contribution in [0.5, 0.6) is 0 Å². The zero-order valence-electron chi connectivity index (χ0n) is 14.8. The monoisotopic (exact) mass is 474 g/mol. The van der Waals surface area contributed by atoms with E-state index >= 15 is 0 Å². The van der Waals surface area contributed by atoms with Gasteiger partial charge in [-0.25, -0.2) is 4.68 Å². The number of aryl methyl sites for hydroxylation is 1. The standard InChI is InChI=1S/C19H19IN6O/c1-12-10-14(20)4-9-17(12)22-18(27)11-21-15-5-2-13(3-6-15)19-23-24-25-26(19)16-7-8-16/h2-6,9-10,16,21H,7-8,11H2,1H3,(H,22,27). The van der Waals surface area contributed by atoms with Gasteiger partial charge in [0.1, 0.15) is 0 Å². The number of benzene rings is 2. The summed E-state index contributed by atoms with van der Waals surface area (Å²) in [6.45, 7) is 2.18. The van der Waals surface area contributed by atoms with Gasteiger partial charge in [-0.2, -0.15) is 0 Å². The summed E-state index contributed by atoms with van der Waals surface area (Å²) in [5.74, 6) is 0.706. The fourth-order valence-electron chi connectivity index (χ4n) is 2.83. The first-order valence-electron chi connectivity index (χ1n) is 8.78. The normalized spacial score (nSPS) is 13.4. The first-order valence-corrected chi connectivity index (χ1v) is 9.86. The van der Waals surface area contributed by atoms with Crippen LogP contribution in [0.2, 0.25) is 0 Å². The predicted octanol–water partition coefficient (Wildman–Crippen LogP) is 3.64. The quantitative estimate of drug-likeness (QED) is 0.533. The van der Waals surface area contributed by atoms with Crippen molar-refractivity contribution in [3.05, 3.63) is 51.6 Å². The molecule has 3 aromatic rings. The van der Waals surface area contributed by atoms with E-state index in [1.165, 1.54) is 0 Å². The van der Waals surface area contributed by atoms with Crippen molar-refractivity contribution < 1.29 is 4.79 Å². The fraction of sp³-hybridized carbons (Fsp3) is 0.263. The van der Waals surface area contributed by atoms with Gasteiger partial charge in [0, 0.05) is 20.5 Å². The lowest BCUT2D eigenvalue weighted by Crippen LogP contribution is -2.22. The molecular formula is C19H19IN6O. The molecule has 0 aliphatic heterocycles. The predicted molar refractivity (Wildman–Crippen MR) is 113 cm³/mol. The van der Waals surface area contributed by atoms with Crippen LogP contribution in [0.3, 0.4) is 0 Å². The number of halogens is 1.